The molecule has 0 radical (unpaired) electrons. The second kappa shape index (κ2) is 8.24. The molecule has 2 unspecified atom stereocenters. The molecule has 13 heavy (non-hydrogen) atoms. The minimum atomic E-state index is 0.277. The maximum Gasteiger partial charge on any atom is 0.123 e. The maximum absolute atomic E-state index is 10.5. The molecule has 2 atom stereocenters. The van der Waals surface area contributed by atoms with Gasteiger partial charge in [0.1, 0.15) is 6.29 Å². The van der Waals surface area contributed by atoms with Gasteiger partial charge in [-0.1, -0.05) is 13.8 Å². The summed E-state index contributed by atoms with van der Waals surface area (Å²) >= 11 is 0. The number of nitrogens with one attached hydrogen (secondary N) is 1. The first-order valence-electron chi connectivity index (χ1n) is 5.43. The van der Waals surface area contributed by atoms with Crippen molar-refractivity contribution < 1.29 is 4.79 Å². The molecule has 2 heteroatoms. The molecule has 2 nitrogen and oxygen atoms in total. The average Bonchev–Trinajstić information content (AvgIpc) is 2.18. The molecule has 0 rings (SSSR count). The fourth-order valence-electron chi connectivity index (χ4n) is 1.23. The zero-order valence-electron chi connectivity index (χ0n) is 9.18. The van der Waals surface area contributed by atoms with E-state index in [2.05, 4.69) is 26.1 Å². The first-order chi connectivity index (χ1) is 6.24. The van der Waals surface area contributed by atoms with Crippen molar-refractivity contribution in [1.29, 1.82) is 0 Å². The Balaban J connectivity index is 3.28. The summed E-state index contributed by atoms with van der Waals surface area (Å²) in [6.07, 6.45) is 5.38. The van der Waals surface area contributed by atoms with Crippen LogP contribution in [0.25, 0.3) is 0 Å². The van der Waals surface area contributed by atoms with E-state index >= 15 is 0 Å². The van der Waals surface area contributed by atoms with Crippen LogP contribution in [0.3, 0.4) is 0 Å². The van der Waals surface area contributed by atoms with Gasteiger partial charge in [0.05, 0.1) is 0 Å². The number of hydrogen-bond acceptors (Lipinski definition) is 2. The molecule has 0 aromatic carbocycles. The Morgan fingerprint density at radius 1 is 1.31 bits per heavy atom. The Kier molecular flexibility index (Phi) is 8.00. The summed E-state index contributed by atoms with van der Waals surface area (Å²) in [5.41, 5.74) is 0. The molecule has 0 bridgehead atoms. The lowest BCUT2D eigenvalue weighted by molar-refractivity contribution is -0.111. The van der Waals surface area contributed by atoms with Crippen molar-refractivity contribution >= 4 is 6.29 Å². The molecule has 0 spiro atoms. The molecule has 0 aliphatic rings. The standard InChI is InChI=1S/C11H23NO/c1-4-10(3)12-8-6-7-11(5-2)9-13/h9-12H,4-8H2,1-3H3. The molecule has 0 saturated carbocycles. The zero-order valence-corrected chi connectivity index (χ0v) is 9.18. The Labute approximate surface area is 82.1 Å². The molecule has 0 heterocycles. The highest BCUT2D eigenvalue weighted by Gasteiger charge is 2.03. The van der Waals surface area contributed by atoms with E-state index in [1.807, 2.05) is 0 Å². The molecule has 0 amide bonds. The van der Waals surface area contributed by atoms with E-state index in [0.29, 0.717) is 6.04 Å². The third-order valence-corrected chi connectivity index (χ3v) is 2.57. The van der Waals surface area contributed by atoms with Gasteiger partial charge in [-0.3, -0.25) is 0 Å². The fourth-order valence-corrected chi connectivity index (χ4v) is 1.23. The predicted molar refractivity (Wildman–Crippen MR) is 56.8 cm³/mol. The summed E-state index contributed by atoms with van der Waals surface area (Å²) in [7, 11) is 0. The van der Waals surface area contributed by atoms with Crippen LogP contribution in [-0.4, -0.2) is 18.9 Å². The molecule has 1 N–H and O–H groups in total. The van der Waals surface area contributed by atoms with Crippen molar-refractivity contribution in [3.05, 3.63) is 0 Å². The minimum absolute atomic E-state index is 0.277. The van der Waals surface area contributed by atoms with Gasteiger partial charge in [-0.05, 0) is 39.2 Å². The van der Waals surface area contributed by atoms with E-state index in [9.17, 15) is 4.79 Å². The second-order valence-electron chi connectivity index (χ2n) is 3.71. The molecule has 0 aromatic heterocycles. The van der Waals surface area contributed by atoms with Gasteiger partial charge in [-0.25, -0.2) is 0 Å². The van der Waals surface area contributed by atoms with Crippen LogP contribution in [0.15, 0.2) is 0 Å². The van der Waals surface area contributed by atoms with Crippen molar-refractivity contribution in [1.82, 2.24) is 5.32 Å². The average molecular weight is 185 g/mol. The SMILES string of the molecule is CCC(C=O)CCCNC(C)CC. The molecule has 0 aliphatic carbocycles. The van der Waals surface area contributed by atoms with E-state index in [-0.39, 0.29) is 5.92 Å². The van der Waals surface area contributed by atoms with E-state index in [4.69, 9.17) is 0 Å². The highest BCUT2D eigenvalue weighted by atomic mass is 16.1. The van der Waals surface area contributed by atoms with Gasteiger partial charge < -0.3 is 10.1 Å². The van der Waals surface area contributed by atoms with Crippen LogP contribution in [0.5, 0.6) is 0 Å². The monoisotopic (exact) mass is 185 g/mol. The van der Waals surface area contributed by atoms with Crippen LogP contribution in [0.4, 0.5) is 0 Å². The van der Waals surface area contributed by atoms with Gasteiger partial charge in [-0.15, -0.1) is 0 Å². The van der Waals surface area contributed by atoms with Crippen molar-refractivity contribution in [3.8, 4) is 0 Å². The van der Waals surface area contributed by atoms with Crippen LogP contribution >= 0.6 is 0 Å². The molecular weight excluding hydrogens is 162 g/mol. The van der Waals surface area contributed by atoms with Crippen molar-refractivity contribution in [2.45, 2.75) is 52.5 Å². The Morgan fingerprint density at radius 3 is 2.46 bits per heavy atom. The van der Waals surface area contributed by atoms with Gasteiger partial charge >= 0.3 is 0 Å². The summed E-state index contributed by atoms with van der Waals surface area (Å²) in [4.78, 5) is 10.5. The van der Waals surface area contributed by atoms with Crippen molar-refractivity contribution in [3.63, 3.8) is 0 Å². The molecule has 78 valence electrons. The first-order valence-corrected chi connectivity index (χ1v) is 5.43. The quantitative estimate of drug-likeness (QED) is 0.464. The Hall–Kier alpha value is -0.370. The van der Waals surface area contributed by atoms with Gasteiger partial charge in [-0.2, -0.15) is 0 Å². The van der Waals surface area contributed by atoms with Crippen LogP contribution in [0, 0.1) is 5.92 Å². The summed E-state index contributed by atoms with van der Waals surface area (Å²) in [6, 6.07) is 0.608. The lowest BCUT2D eigenvalue weighted by atomic mass is 10.0. The number of carbonyl (C=O) groups excluding carboxylic acids is 1. The predicted octanol–water partition coefficient (Wildman–Crippen LogP) is 2.38. The molecule has 0 saturated heterocycles. The summed E-state index contributed by atoms with van der Waals surface area (Å²) in [5.74, 6) is 0.277. The number of carbonyl (C=O) groups is 1. The molecule has 0 aromatic rings. The third-order valence-electron chi connectivity index (χ3n) is 2.57. The largest absolute Gasteiger partial charge is 0.314 e. The number of rotatable bonds is 8. The highest BCUT2D eigenvalue weighted by molar-refractivity contribution is 5.53. The van der Waals surface area contributed by atoms with Crippen LogP contribution in [0.2, 0.25) is 0 Å². The Morgan fingerprint density at radius 2 is 2.00 bits per heavy atom. The number of hydrogen-bond donors (Lipinski definition) is 1. The molecular formula is C11H23NO. The van der Waals surface area contributed by atoms with Gasteiger partial charge in [0.15, 0.2) is 0 Å². The highest BCUT2D eigenvalue weighted by Crippen LogP contribution is 2.06. The zero-order chi connectivity index (χ0) is 10.1. The fraction of sp³-hybridized carbons (Fsp3) is 0.909. The van der Waals surface area contributed by atoms with E-state index < -0.39 is 0 Å². The summed E-state index contributed by atoms with van der Waals surface area (Å²) < 4.78 is 0. The first kappa shape index (κ1) is 12.6. The van der Waals surface area contributed by atoms with Gasteiger partial charge in [0.25, 0.3) is 0 Å². The van der Waals surface area contributed by atoms with Crippen molar-refractivity contribution in [2.75, 3.05) is 6.54 Å². The van der Waals surface area contributed by atoms with E-state index in [1.165, 1.54) is 6.42 Å². The van der Waals surface area contributed by atoms with E-state index in [1.54, 1.807) is 0 Å². The smallest absolute Gasteiger partial charge is 0.123 e. The van der Waals surface area contributed by atoms with E-state index in [0.717, 1.165) is 32.1 Å². The normalized spacial score (nSPS) is 15.3. The maximum atomic E-state index is 10.5. The third kappa shape index (κ3) is 6.76. The molecule has 0 fully saturated rings. The topological polar surface area (TPSA) is 29.1 Å². The number of aldehydes is 1. The van der Waals surface area contributed by atoms with Gasteiger partial charge in [0, 0.05) is 12.0 Å². The van der Waals surface area contributed by atoms with Crippen LogP contribution in [-0.2, 0) is 4.79 Å². The van der Waals surface area contributed by atoms with Crippen molar-refractivity contribution in [2.24, 2.45) is 5.92 Å². The van der Waals surface area contributed by atoms with Crippen LogP contribution < -0.4 is 5.32 Å². The lowest BCUT2D eigenvalue weighted by Crippen LogP contribution is -2.26. The lowest BCUT2D eigenvalue weighted by Gasteiger charge is -2.12. The van der Waals surface area contributed by atoms with Crippen LogP contribution in [0.1, 0.15) is 46.5 Å². The summed E-state index contributed by atoms with van der Waals surface area (Å²) in [6.45, 7) is 7.48. The minimum Gasteiger partial charge on any atom is -0.314 e. The summed E-state index contributed by atoms with van der Waals surface area (Å²) in [5, 5.41) is 3.42. The van der Waals surface area contributed by atoms with Gasteiger partial charge in [0.2, 0.25) is 0 Å². The molecule has 0 aliphatic heterocycles. The Bertz CT molecular complexity index is 125. The second-order valence-corrected chi connectivity index (χ2v) is 3.71.